The van der Waals surface area contributed by atoms with Gasteiger partial charge in [-0.3, -0.25) is 0 Å². The van der Waals surface area contributed by atoms with Gasteiger partial charge in [-0.1, -0.05) is 60.7 Å². The van der Waals surface area contributed by atoms with Crippen LogP contribution in [0.5, 0.6) is 0 Å². The van der Waals surface area contributed by atoms with Crippen molar-refractivity contribution in [1.82, 2.24) is 4.57 Å². The van der Waals surface area contributed by atoms with Crippen LogP contribution in [0.15, 0.2) is 66.9 Å². The van der Waals surface area contributed by atoms with Gasteiger partial charge in [0.05, 0.1) is 31.0 Å². The van der Waals surface area contributed by atoms with E-state index in [4.69, 9.17) is 9.47 Å². The van der Waals surface area contributed by atoms with Crippen molar-refractivity contribution in [2.24, 2.45) is 0 Å². The highest BCUT2D eigenvalue weighted by Crippen LogP contribution is 2.30. The van der Waals surface area contributed by atoms with Gasteiger partial charge in [-0.25, -0.2) is 9.59 Å². The van der Waals surface area contributed by atoms with Crippen LogP contribution in [-0.2, 0) is 16.0 Å². The molecule has 3 rings (SSSR count). The number of methoxy groups -OCH3 is 2. The number of nitrogens with zero attached hydrogens (tertiary/aromatic N) is 1. The minimum Gasteiger partial charge on any atom is -0.465 e. The molecule has 0 atom stereocenters. The number of carbonyl (C=O) groups is 2. The van der Waals surface area contributed by atoms with E-state index in [1.807, 2.05) is 65.2 Å². The first-order chi connectivity index (χ1) is 12.7. The molecule has 132 valence electrons. The Morgan fingerprint density at radius 1 is 0.846 bits per heavy atom. The Bertz CT molecular complexity index is 914. The summed E-state index contributed by atoms with van der Waals surface area (Å²) in [5, 5.41) is 0. The molecule has 0 fully saturated rings. The van der Waals surface area contributed by atoms with E-state index >= 15 is 0 Å². The van der Waals surface area contributed by atoms with Crippen molar-refractivity contribution >= 4 is 11.9 Å². The first-order valence-corrected chi connectivity index (χ1v) is 8.14. The number of hydrogen-bond donors (Lipinski definition) is 0. The van der Waals surface area contributed by atoms with Crippen LogP contribution < -0.4 is 0 Å². The molecular weight excluding hydrogens is 330 g/mol. The summed E-state index contributed by atoms with van der Waals surface area (Å²) in [5.41, 5.74) is 2.89. The molecule has 5 nitrogen and oxygen atoms in total. The fraction of sp³-hybridized carbons (Fsp3) is 0.143. The number of carbonyl (C=O) groups excluding carboxylic acids is 2. The van der Waals surface area contributed by atoms with E-state index in [1.54, 1.807) is 6.20 Å². The fourth-order valence-electron chi connectivity index (χ4n) is 2.94. The predicted octanol–water partition coefficient (Wildman–Crippen LogP) is 3.78. The Morgan fingerprint density at radius 2 is 1.42 bits per heavy atom. The van der Waals surface area contributed by atoms with Crippen LogP contribution in [0.2, 0.25) is 0 Å². The lowest BCUT2D eigenvalue weighted by molar-refractivity contribution is 0.0557. The third-order valence-corrected chi connectivity index (χ3v) is 4.12. The van der Waals surface area contributed by atoms with Crippen molar-refractivity contribution in [2.75, 3.05) is 14.2 Å². The summed E-state index contributed by atoms with van der Waals surface area (Å²) in [6.45, 7) is 0.506. The van der Waals surface area contributed by atoms with E-state index in [1.165, 1.54) is 14.2 Å². The smallest absolute Gasteiger partial charge is 0.340 e. The molecule has 1 heterocycles. The van der Waals surface area contributed by atoms with Gasteiger partial charge in [-0.05, 0) is 11.1 Å². The van der Waals surface area contributed by atoms with E-state index in [2.05, 4.69) is 0 Å². The van der Waals surface area contributed by atoms with Gasteiger partial charge in [0.25, 0.3) is 0 Å². The lowest BCUT2D eigenvalue weighted by atomic mass is 10.0. The van der Waals surface area contributed by atoms with E-state index in [9.17, 15) is 9.59 Å². The van der Waals surface area contributed by atoms with Gasteiger partial charge in [-0.15, -0.1) is 0 Å². The van der Waals surface area contributed by atoms with E-state index in [0.717, 1.165) is 11.1 Å². The first kappa shape index (κ1) is 17.5. The second-order valence-electron chi connectivity index (χ2n) is 5.73. The van der Waals surface area contributed by atoms with E-state index < -0.39 is 11.9 Å². The minimum absolute atomic E-state index is 0.189. The second-order valence-corrected chi connectivity index (χ2v) is 5.73. The summed E-state index contributed by atoms with van der Waals surface area (Å²) in [4.78, 5) is 24.7. The maximum absolute atomic E-state index is 12.5. The molecule has 0 N–H and O–H groups in total. The van der Waals surface area contributed by atoms with Crippen molar-refractivity contribution in [3.05, 3.63) is 83.6 Å². The quantitative estimate of drug-likeness (QED) is 0.658. The van der Waals surface area contributed by atoms with Crippen molar-refractivity contribution < 1.29 is 19.1 Å². The number of aromatic nitrogens is 1. The third kappa shape index (κ3) is 3.37. The average Bonchev–Trinajstić information content (AvgIpc) is 3.07. The lowest BCUT2D eigenvalue weighted by Crippen LogP contribution is -2.10. The molecular formula is C21H19NO4. The number of rotatable bonds is 5. The largest absolute Gasteiger partial charge is 0.465 e. The summed E-state index contributed by atoms with van der Waals surface area (Å²) < 4.78 is 11.7. The number of benzene rings is 2. The molecule has 0 aliphatic heterocycles. The van der Waals surface area contributed by atoms with Crippen LogP contribution in [0.25, 0.3) is 11.3 Å². The van der Waals surface area contributed by atoms with Crippen LogP contribution in [-0.4, -0.2) is 30.7 Å². The highest BCUT2D eigenvalue weighted by Gasteiger charge is 2.28. The molecule has 0 bridgehead atoms. The second kappa shape index (κ2) is 7.70. The third-order valence-electron chi connectivity index (χ3n) is 4.12. The zero-order valence-corrected chi connectivity index (χ0v) is 14.6. The SMILES string of the molecule is COC(=O)c1cn(Cc2ccccc2)c(-c2ccccc2)c1C(=O)OC. The van der Waals surface area contributed by atoms with E-state index in [0.29, 0.717) is 12.2 Å². The number of hydrogen-bond acceptors (Lipinski definition) is 4. The molecule has 0 radical (unpaired) electrons. The molecule has 0 unspecified atom stereocenters. The molecule has 1 aromatic heterocycles. The zero-order chi connectivity index (χ0) is 18.5. The van der Waals surface area contributed by atoms with Gasteiger partial charge < -0.3 is 14.0 Å². The molecule has 0 saturated heterocycles. The Morgan fingerprint density at radius 3 is 2.00 bits per heavy atom. The van der Waals surface area contributed by atoms with Crippen molar-refractivity contribution in [3.8, 4) is 11.3 Å². The number of ether oxygens (including phenoxy) is 2. The molecule has 0 saturated carbocycles. The normalized spacial score (nSPS) is 10.4. The summed E-state index contributed by atoms with van der Waals surface area (Å²) in [7, 11) is 2.59. The summed E-state index contributed by atoms with van der Waals surface area (Å²) in [6.07, 6.45) is 1.65. The Hall–Kier alpha value is -3.34. The van der Waals surface area contributed by atoms with Crippen LogP contribution in [0.3, 0.4) is 0 Å². The molecule has 0 spiro atoms. The van der Waals surface area contributed by atoms with Gasteiger partial charge in [-0.2, -0.15) is 0 Å². The zero-order valence-electron chi connectivity index (χ0n) is 14.6. The Balaban J connectivity index is 2.23. The standard InChI is InChI=1S/C21H19NO4/c1-25-20(23)17-14-22(13-15-9-5-3-6-10-15)19(18(17)21(24)26-2)16-11-7-4-8-12-16/h3-12,14H,13H2,1-2H3. The molecule has 0 aliphatic rings. The predicted molar refractivity (Wildman–Crippen MR) is 98.1 cm³/mol. The Kier molecular flexibility index (Phi) is 5.17. The van der Waals surface area contributed by atoms with Crippen molar-refractivity contribution in [2.45, 2.75) is 6.54 Å². The van der Waals surface area contributed by atoms with Gasteiger partial charge in [0, 0.05) is 12.7 Å². The van der Waals surface area contributed by atoms with Gasteiger partial charge >= 0.3 is 11.9 Å². The lowest BCUT2D eigenvalue weighted by Gasteiger charge is -2.11. The minimum atomic E-state index is -0.575. The molecule has 5 heteroatoms. The van der Waals surface area contributed by atoms with Crippen molar-refractivity contribution in [3.63, 3.8) is 0 Å². The fourth-order valence-corrected chi connectivity index (χ4v) is 2.94. The summed E-state index contributed by atoms with van der Waals surface area (Å²) in [6, 6.07) is 19.3. The Labute approximate surface area is 151 Å². The van der Waals surface area contributed by atoms with E-state index in [-0.39, 0.29) is 11.1 Å². The summed E-state index contributed by atoms with van der Waals surface area (Å²) in [5.74, 6) is -1.15. The molecule has 0 aliphatic carbocycles. The monoisotopic (exact) mass is 349 g/mol. The first-order valence-electron chi connectivity index (χ1n) is 8.14. The number of esters is 2. The topological polar surface area (TPSA) is 57.5 Å². The maximum Gasteiger partial charge on any atom is 0.340 e. The van der Waals surface area contributed by atoms with Crippen LogP contribution in [0, 0.1) is 0 Å². The molecule has 3 aromatic rings. The highest BCUT2D eigenvalue weighted by atomic mass is 16.5. The van der Waals surface area contributed by atoms with Crippen molar-refractivity contribution in [1.29, 1.82) is 0 Å². The average molecular weight is 349 g/mol. The molecule has 2 aromatic carbocycles. The summed E-state index contributed by atoms with van der Waals surface area (Å²) >= 11 is 0. The van der Waals surface area contributed by atoms with Crippen LogP contribution in [0.4, 0.5) is 0 Å². The van der Waals surface area contributed by atoms with Crippen LogP contribution >= 0.6 is 0 Å². The highest BCUT2D eigenvalue weighted by molar-refractivity contribution is 6.07. The maximum atomic E-state index is 12.5. The van der Waals surface area contributed by atoms with Gasteiger partial charge in [0.1, 0.15) is 0 Å². The molecule has 26 heavy (non-hydrogen) atoms. The van der Waals surface area contributed by atoms with Crippen LogP contribution in [0.1, 0.15) is 26.3 Å². The van der Waals surface area contributed by atoms with Gasteiger partial charge in [0.2, 0.25) is 0 Å². The molecule has 0 amide bonds. The van der Waals surface area contributed by atoms with Gasteiger partial charge in [0.15, 0.2) is 0 Å².